The fraction of sp³-hybridized carbons (Fsp3) is 0.286. The lowest BCUT2D eigenvalue weighted by atomic mass is 10.1. The van der Waals surface area contributed by atoms with Crippen molar-refractivity contribution >= 4 is 28.4 Å². The van der Waals surface area contributed by atoms with Gasteiger partial charge in [0.15, 0.2) is 0 Å². The number of H-pyrrole nitrogens is 1. The number of benzene rings is 3. The highest BCUT2D eigenvalue weighted by Gasteiger charge is 2.37. The number of hydrogen-bond acceptors (Lipinski definition) is 5. The van der Waals surface area contributed by atoms with Gasteiger partial charge in [-0.15, -0.1) is 0 Å². The van der Waals surface area contributed by atoms with Crippen molar-refractivity contribution in [3.63, 3.8) is 0 Å². The number of para-hydroxylation sites is 2. The average molecular weight is 453 g/mol. The molecule has 3 heterocycles. The molecular formula is C28H28N4O2. The Labute approximate surface area is 199 Å². The zero-order chi connectivity index (χ0) is 22.9. The van der Waals surface area contributed by atoms with E-state index in [0.29, 0.717) is 6.42 Å². The molecule has 1 aromatic heterocycles. The Morgan fingerprint density at radius 1 is 1.00 bits per heavy atom. The molecule has 4 aromatic rings. The number of esters is 1. The van der Waals surface area contributed by atoms with Crippen molar-refractivity contribution < 1.29 is 9.53 Å². The van der Waals surface area contributed by atoms with Gasteiger partial charge in [-0.2, -0.15) is 0 Å². The minimum Gasteiger partial charge on any atom is -0.461 e. The second-order valence-electron chi connectivity index (χ2n) is 9.22. The number of rotatable bonds is 5. The van der Waals surface area contributed by atoms with Gasteiger partial charge in [-0.3, -0.25) is 4.90 Å². The van der Waals surface area contributed by atoms with Crippen molar-refractivity contribution in [1.82, 2.24) is 14.9 Å². The van der Waals surface area contributed by atoms with Gasteiger partial charge in [0, 0.05) is 37.4 Å². The number of piperidine rings is 1. The van der Waals surface area contributed by atoms with Crippen LogP contribution in [-0.2, 0) is 22.5 Å². The summed E-state index contributed by atoms with van der Waals surface area (Å²) in [5.41, 5.74) is 6.65. The van der Waals surface area contributed by atoms with E-state index in [1.807, 2.05) is 30.3 Å². The molecule has 6 nitrogen and oxygen atoms in total. The third-order valence-corrected chi connectivity index (χ3v) is 6.99. The van der Waals surface area contributed by atoms with Crippen LogP contribution in [0.2, 0.25) is 0 Å². The smallest absolute Gasteiger partial charge is 0.329 e. The molecule has 2 aliphatic rings. The van der Waals surface area contributed by atoms with Gasteiger partial charge in [-0.05, 0) is 54.3 Å². The molecule has 3 aromatic carbocycles. The number of carbonyl (C=O) groups is 1. The molecule has 0 saturated carbocycles. The lowest BCUT2D eigenvalue weighted by Gasteiger charge is -2.33. The molecule has 0 aliphatic carbocycles. The van der Waals surface area contributed by atoms with Crippen LogP contribution in [0.1, 0.15) is 24.0 Å². The van der Waals surface area contributed by atoms with Crippen LogP contribution in [0.5, 0.6) is 0 Å². The first kappa shape index (κ1) is 20.9. The Hall–Kier alpha value is -3.64. The Bertz CT molecular complexity index is 1290. The topological polar surface area (TPSA) is 61.5 Å². The van der Waals surface area contributed by atoms with Crippen LogP contribution in [-0.4, -0.2) is 46.1 Å². The summed E-state index contributed by atoms with van der Waals surface area (Å²) in [6.45, 7) is 2.74. The first-order valence-corrected chi connectivity index (χ1v) is 12.0. The van der Waals surface area contributed by atoms with Crippen LogP contribution < -0.4 is 4.90 Å². The molecule has 1 fully saturated rings. The fourth-order valence-corrected chi connectivity index (χ4v) is 5.25. The number of likely N-dealkylation sites (tertiary alicyclic amines) is 1. The highest BCUT2D eigenvalue weighted by Crippen LogP contribution is 2.38. The third kappa shape index (κ3) is 4.05. The molecule has 1 N–H and O–H groups in total. The number of aromatic nitrogens is 2. The number of hydrogen-bond donors (Lipinski definition) is 1. The number of aromatic amines is 1. The minimum atomic E-state index is -0.320. The summed E-state index contributed by atoms with van der Waals surface area (Å²) in [6.07, 6.45) is 4.11. The van der Waals surface area contributed by atoms with Crippen molar-refractivity contribution in [2.45, 2.75) is 38.0 Å². The molecule has 2 aliphatic heterocycles. The van der Waals surface area contributed by atoms with E-state index in [-0.39, 0.29) is 18.1 Å². The zero-order valence-corrected chi connectivity index (χ0v) is 19.1. The van der Waals surface area contributed by atoms with Crippen LogP contribution in [0.25, 0.3) is 11.0 Å². The molecule has 0 amide bonds. The quantitative estimate of drug-likeness (QED) is 0.440. The maximum atomic E-state index is 13.4. The lowest BCUT2D eigenvalue weighted by Crippen LogP contribution is -2.42. The van der Waals surface area contributed by atoms with Gasteiger partial charge in [-0.1, -0.05) is 42.5 Å². The third-order valence-electron chi connectivity index (χ3n) is 6.99. The summed E-state index contributed by atoms with van der Waals surface area (Å²) in [7, 11) is 0. The van der Waals surface area contributed by atoms with Gasteiger partial charge < -0.3 is 14.6 Å². The first-order valence-electron chi connectivity index (χ1n) is 12.0. The molecule has 0 radical (unpaired) electrons. The summed E-state index contributed by atoms with van der Waals surface area (Å²) in [5.74, 6) is -0.122. The van der Waals surface area contributed by atoms with E-state index in [1.165, 1.54) is 11.1 Å². The average Bonchev–Trinajstić information content (AvgIpc) is 3.50. The molecule has 172 valence electrons. The van der Waals surface area contributed by atoms with Gasteiger partial charge in [0.1, 0.15) is 12.1 Å². The Balaban J connectivity index is 1.09. The molecule has 1 unspecified atom stereocenters. The van der Waals surface area contributed by atoms with Crippen LogP contribution in [0.15, 0.2) is 79.1 Å². The zero-order valence-electron chi connectivity index (χ0n) is 19.1. The molecule has 6 rings (SSSR count). The summed E-state index contributed by atoms with van der Waals surface area (Å²) >= 11 is 0. The monoisotopic (exact) mass is 452 g/mol. The van der Waals surface area contributed by atoms with Gasteiger partial charge in [0.25, 0.3) is 0 Å². The molecule has 6 heteroatoms. The summed E-state index contributed by atoms with van der Waals surface area (Å²) in [4.78, 5) is 25.4. The Kier molecular flexibility index (Phi) is 5.51. The maximum absolute atomic E-state index is 13.4. The maximum Gasteiger partial charge on any atom is 0.329 e. The number of ether oxygens (including phenoxy) is 1. The number of imidazole rings is 1. The number of carbonyl (C=O) groups excluding carboxylic acids is 1. The molecule has 34 heavy (non-hydrogen) atoms. The highest BCUT2D eigenvalue weighted by molar-refractivity contribution is 5.88. The van der Waals surface area contributed by atoms with Crippen molar-refractivity contribution in [1.29, 1.82) is 0 Å². The molecular weight excluding hydrogens is 424 g/mol. The number of anilines is 2. The highest BCUT2D eigenvalue weighted by atomic mass is 16.5. The van der Waals surface area contributed by atoms with E-state index < -0.39 is 0 Å². The van der Waals surface area contributed by atoms with Crippen LogP contribution in [0.4, 0.5) is 11.4 Å². The van der Waals surface area contributed by atoms with Gasteiger partial charge in [0.05, 0.1) is 17.4 Å². The normalized spacial score (nSPS) is 18.8. The van der Waals surface area contributed by atoms with E-state index >= 15 is 0 Å². The summed E-state index contributed by atoms with van der Waals surface area (Å²) in [6, 6.07) is 24.5. The van der Waals surface area contributed by atoms with E-state index in [0.717, 1.165) is 54.9 Å². The van der Waals surface area contributed by atoms with E-state index in [4.69, 9.17) is 4.74 Å². The van der Waals surface area contributed by atoms with Gasteiger partial charge >= 0.3 is 5.97 Å². The molecule has 1 atom stereocenters. The number of nitrogens with zero attached hydrogens (tertiary/aromatic N) is 3. The van der Waals surface area contributed by atoms with Crippen LogP contribution >= 0.6 is 0 Å². The summed E-state index contributed by atoms with van der Waals surface area (Å²) in [5, 5.41) is 0. The number of fused-ring (bicyclic) bond motifs is 2. The van der Waals surface area contributed by atoms with Crippen LogP contribution in [0.3, 0.4) is 0 Å². The van der Waals surface area contributed by atoms with Crippen molar-refractivity contribution in [2.24, 2.45) is 0 Å². The SMILES string of the molecule is O=C(OC1CCN(Cc2ccc3nc[nH]c3c2)CC1)C1Cc2ccccc2N1c1ccccc1. The van der Waals surface area contributed by atoms with E-state index in [2.05, 4.69) is 62.2 Å². The van der Waals surface area contributed by atoms with Crippen molar-refractivity contribution in [2.75, 3.05) is 18.0 Å². The van der Waals surface area contributed by atoms with Crippen molar-refractivity contribution in [3.8, 4) is 0 Å². The minimum absolute atomic E-state index is 0.0276. The fourth-order valence-electron chi connectivity index (χ4n) is 5.25. The van der Waals surface area contributed by atoms with Gasteiger partial charge in [0.2, 0.25) is 0 Å². The summed E-state index contributed by atoms with van der Waals surface area (Å²) < 4.78 is 6.08. The second-order valence-corrected chi connectivity index (χ2v) is 9.22. The van der Waals surface area contributed by atoms with E-state index in [9.17, 15) is 4.79 Å². The van der Waals surface area contributed by atoms with E-state index in [1.54, 1.807) is 6.33 Å². The largest absolute Gasteiger partial charge is 0.461 e. The molecule has 0 spiro atoms. The standard InChI is InChI=1S/C28H28N4O2/c33-28(27-17-21-6-4-5-9-26(21)32(27)22-7-2-1-3-8-22)34-23-12-14-31(15-13-23)18-20-10-11-24-25(16-20)30-19-29-24/h1-11,16,19,23,27H,12-15,17-18H2,(H,29,30). The van der Waals surface area contributed by atoms with Crippen LogP contribution in [0, 0.1) is 0 Å². The predicted octanol–water partition coefficient (Wildman–Crippen LogP) is 4.83. The van der Waals surface area contributed by atoms with Gasteiger partial charge in [-0.25, -0.2) is 9.78 Å². The first-order chi connectivity index (χ1) is 16.7. The molecule has 0 bridgehead atoms. The predicted molar refractivity (Wildman–Crippen MR) is 133 cm³/mol. The second kappa shape index (κ2) is 8.95. The molecule has 1 saturated heterocycles. The lowest BCUT2D eigenvalue weighted by molar-refractivity contribution is -0.152. The Morgan fingerprint density at radius 3 is 2.65 bits per heavy atom. The number of nitrogens with one attached hydrogen (secondary N) is 1. The Morgan fingerprint density at radius 2 is 1.79 bits per heavy atom. The van der Waals surface area contributed by atoms with Crippen molar-refractivity contribution in [3.05, 3.63) is 90.3 Å².